The molecule has 0 saturated heterocycles. The summed E-state index contributed by atoms with van der Waals surface area (Å²) in [7, 11) is 1.49. The van der Waals surface area contributed by atoms with E-state index in [2.05, 4.69) is 30.0 Å². The molecular formula is C25H14N2O2. The predicted octanol–water partition coefficient (Wildman–Crippen LogP) is 5.82. The molecule has 0 atom stereocenters. The molecule has 0 spiro atoms. The van der Waals surface area contributed by atoms with Crippen molar-refractivity contribution in [2.75, 3.05) is 7.05 Å². The molecule has 1 aliphatic rings. The van der Waals surface area contributed by atoms with Crippen LogP contribution in [0, 0.1) is 13.5 Å². The van der Waals surface area contributed by atoms with Crippen molar-refractivity contribution in [1.82, 2.24) is 4.90 Å². The molecule has 5 aromatic rings. The molecule has 0 bridgehead atoms. The predicted molar refractivity (Wildman–Crippen MR) is 115 cm³/mol. The van der Waals surface area contributed by atoms with E-state index in [4.69, 9.17) is 6.57 Å². The van der Waals surface area contributed by atoms with Crippen LogP contribution < -0.4 is 0 Å². The number of nitrogens with zero attached hydrogens (tertiary/aromatic N) is 2. The summed E-state index contributed by atoms with van der Waals surface area (Å²) in [6, 6.07) is 15.8. The Morgan fingerprint density at radius 2 is 1.55 bits per heavy atom. The lowest BCUT2D eigenvalue weighted by molar-refractivity contribution is 0.0651. The summed E-state index contributed by atoms with van der Waals surface area (Å²) < 4.78 is 0. The first-order valence-corrected chi connectivity index (χ1v) is 9.39. The smallest absolute Gasteiger partial charge is 0.261 e. The highest BCUT2D eigenvalue weighted by Crippen LogP contribution is 2.48. The van der Waals surface area contributed by atoms with Crippen LogP contribution in [0.3, 0.4) is 0 Å². The van der Waals surface area contributed by atoms with Crippen molar-refractivity contribution in [3.63, 3.8) is 0 Å². The normalized spacial score (nSPS) is 13.9. The highest BCUT2D eigenvalue weighted by atomic mass is 16.2. The molecule has 5 aromatic carbocycles. The Kier molecular flexibility index (Phi) is 2.81. The maximum atomic E-state index is 12.9. The monoisotopic (exact) mass is 374 g/mol. The molecule has 4 nitrogen and oxygen atoms in total. The molecule has 0 saturated carbocycles. The van der Waals surface area contributed by atoms with E-state index < -0.39 is 0 Å². The molecule has 0 fully saturated rings. The third kappa shape index (κ3) is 1.73. The van der Waals surface area contributed by atoms with Gasteiger partial charge in [0.1, 0.15) is 0 Å². The number of fused-ring (bicyclic) bond motifs is 2. The molecule has 4 heteroatoms. The van der Waals surface area contributed by atoms with Crippen molar-refractivity contribution in [3.8, 4) is 0 Å². The number of carbonyl (C=O) groups excluding carboxylic acids is 2. The third-order valence-electron chi connectivity index (χ3n) is 6.25. The van der Waals surface area contributed by atoms with Gasteiger partial charge in [-0.25, -0.2) is 4.85 Å². The van der Waals surface area contributed by atoms with Crippen molar-refractivity contribution in [3.05, 3.63) is 76.6 Å². The lowest BCUT2D eigenvalue weighted by Gasteiger charge is -2.26. The molecule has 29 heavy (non-hydrogen) atoms. The lowest BCUT2D eigenvalue weighted by Crippen LogP contribution is -2.36. The number of rotatable bonds is 0. The van der Waals surface area contributed by atoms with E-state index in [9.17, 15) is 9.59 Å². The van der Waals surface area contributed by atoms with Gasteiger partial charge in [0, 0.05) is 23.6 Å². The van der Waals surface area contributed by atoms with Gasteiger partial charge in [-0.3, -0.25) is 14.5 Å². The fraction of sp³-hybridized carbons (Fsp3) is 0.0800. The summed E-state index contributed by atoms with van der Waals surface area (Å²) in [5, 5.41) is 7.66. The quantitative estimate of drug-likeness (QED) is 0.148. The molecule has 1 heterocycles. The maximum Gasteiger partial charge on any atom is 0.261 e. The van der Waals surface area contributed by atoms with Gasteiger partial charge in [0.15, 0.2) is 5.69 Å². The van der Waals surface area contributed by atoms with E-state index >= 15 is 0 Å². The van der Waals surface area contributed by atoms with Gasteiger partial charge in [-0.15, -0.1) is 0 Å². The van der Waals surface area contributed by atoms with Crippen LogP contribution in [0.5, 0.6) is 0 Å². The average Bonchev–Trinajstić information content (AvgIpc) is 2.75. The summed E-state index contributed by atoms with van der Waals surface area (Å²) in [6.45, 7) is 9.88. The summed E-state index contributed by atoms with van der Waals surface area (Å²) in [5.74, 6) is -0.658. The third-order valence-corrected chi connectivity index (χ3v) is 6.25. The minimum absolute atomic E-state index is 0.302. The minimum Gasteiger partial charge on any atom is -0.278 e. The zero-order valence-corrected chi connectivity index (χ0v) is 15.8. The van der Waals surface area contributed by atoms with Crippen molar-refractivity contribution < 1.29 is 9.59 Å². The molecule has 0 aliphatic carbocycles. The topological polar surface area (TPSA) is 41.7 Å². The molecule has 136 valence electrons. The number of hydrogen-bond donors (Lipinski definition) is 0. The number of hydrogen-bond acceptors (Lipinski definition) is 2. The first-order valence-electron chi connectivity index (χ1n) is 9.39. The Morgan fingerprint density at radius 1 is 0.793 bits per heavy atom. The van der Waals surface area contributed by atoms with Gasteiger partial charge in [-0.05, 0) is 62.3 Å². The van der Waals surface area contributed by atoms with E-state index in [1.165, 1.54) is 7.05 Å². The van der Waals surface area contributed by atoms with Crippen LogP contribution in [-0.4, -0.2) is 23.8 Å². The van der Waals surface area contributed by atoms with Crippen LogP contribution >= 0.6 is 0 Å². The number of benzene rings is 5. The standard InChI is InChI=1S/C25H14N2O2/c1-12-7-8-13-5-4-6-14-20(13)19(12)15-9-10-16-21-17(25(29)27(3)24(16)28)11-18(26-2)22(14)23(15)21/h4-11H,1,3H3. The fourth-order valence-electron chi connectivity index (χ4n) is 4.96. The van der Waals surface area contributed by atoms with Crippen LogP contribution in [0.4, 0.5) is 5.69 Å². The molecule has 2 amide bonds. The van der Waals surface area contributed by atoms with Crippen molar-refractivity contribution in [1.29, 1.82) is 0 Å². The maximum absolute atomic E-state index is 12.9. The second kappa shape index (κ2) is 5.09. The van der Waals surface area contributed by atoms with Crippen molar-refractivity contribution >= 4 is 60.6 Å². The summed E-state index contributed by atoms with van der Waals surface area (Å²) >= 11 is 0. The van der Waals surface area contributed by atoms with Crippen LogP contribution in [0.25, 0.3) is 47.9 Å². The highest BCUT2D eigenvalue weighted by molar-refractivity contribution is 6.40. The second-order valence-electron chi connectivity index (χ2n) is 7.67. The Balaban J connectivity index is 2.06. The van der Waals surface area contributed by atoms with Gasteiger partial charge >= 0.3 is 0 Å². The zero-order valence-electron chi connectivity index (χ0n) is 15.8. The van der Waals surface area contributed by atoms with Crippen LogP contribution in [0.15, 0.2) is 48.5 Å². The van der Waals surface area contributed by atoms with Gasteiger partial charge in [0.25, 0.3) is 11.8 Å². The fourth-order valence-corrected chi connectivity index (χ4v) is 4.96. The van der Waals surface area contributed by atoms with E-state index in [1.54, 1.807) is 6.07 Å². The second-order valence-corrected chi connectivity index (χ2v) is 7.67. The highest BCUT2D eigenvalue weighted by Gasteiger charge is 2.33. The Labute approximate surface area is 166 Å². The first-order chi connectivity index (χ1) is 14.0. The molecule has 1 aliphatic heterocycles. The van der Waals surface area contributed by atoms with Crippen molar-refractivity contribution in [2.24, 2.45) is 0 Å². The number of aryl methyl sites for hydroxylation is 1. The molecule has 0 unspecified atom stereocenters. The van der Waals surface area contributed by atoms with E-state index in [0.717, 1.165) is 48.2 Å². The summed E-state index contributed by atoms with van der Waals surface area (Å²) in [4.78, 5) is 30.7. The molecular weight excluding hydrogens is 360 g/mol. The Bertz CT molecular complexity index is 1620. The van der Waals surface area contributed by atoms with Gasteiger partial charge in [-0.2, -0.15) is 0 Å². The lowest BCUT2D eigenvalue weighted by atomic mass is 9.83. The zero-order chi connectivity index (χ0) is 20.0. The van der Waals surface area contributed by atoms with E-state index in [0.29, 0.717) is 22.2 Å². The molecule has 0 aromatic heterocycles. The average molecular weight is 374 g/mol. The largest absolute Gasteiger partial charge is 0.278 e. The van der Waals surface area contributed by atoms with Crippen LogP contribution in [0.2, 0.25) is 0 Å². The number of imide groups is 1. The van der Waals surface area contributed by atoms with Crippen LogP contribution in [-0.2, 0) is 0 Å². The Morgan fingerprint density at radius 3 is 2.34 bits per heavy atom. The molecule has 6 rings (SSSR count). The SMILES string of the molecule is [C-]#[N+]c1cc2c3c(ccc4c5c(C)ccc6cccc(c1c34)c65)C(=O)N(C)C2=O. The first kappa shape index (κ1) is 16.0. The number of amides is 2. The molecule has 0 N–H and O–H groups in total. The van der Waals surface area contributed by atoms with Gasteiger partial charge < -0.3 is 0 Å². The molecule has 0 radical (unpaired) electrons. The van der Waals surface area contributed by atoms with E-state index in [-0.39, 0.29) is 11.8 Å². The Hall–Kier alpha value is -3.97. The number of carbonyl (C=O) groups is 2. The van der Waals surface area contributed by atoms with Gasteiger partial charge in [0.05, 0.1) is 6.57 Å². The van der Waals surface area contributed by atoms with E-state index in [1.807, 2.05) is 24.3 Å². The minimum atomic E-state index is -0.357. The van der Waals surface area contributed by atoms with Gasteiger partial charge in [-0.1, -0.05) is 36.4 Å². The van der Waals surface area contributed by atoms with Crippen molar-refractivity contribution in [2.45, 2.75) is 6.92 Å². The summed E-state index contributed by atoms with van der Waals surface area (Å²) in [6.07, 6.45) is 0. The van der Waals surface area contributed by atoms with Gasteiger partial charge in [0.2, 0.25) is 0 Å². The summed E-state index contributed by atoms with van der Waals surface area (Å²) in [5.41, 5.74) is 2.52. The van der Waals surface area contributed by atoms with Crippen LogP contribution in [0.1, 0.15) is 26.3 Å².